The average molecular weight is 242 g/mol. The third-order valence-electron chi connectivity index (χ3n) is 3.21. The molecule has 2 unspecified atom stereocenters. The summed E-state index contributed by atoms with van der Waals surface area (Å²) in [5.74, 6) is 0. The van der Waals surface area contributed by atoms with Gasteiger partial charge in [-0.05, 0) is 43.5 Å². The maximum Gasteiger partial charge on any atom is 0.110 e. The summed E-state index contributed by atoms with van der Waals surface area (Å²) in [5, 5.41) is 12.2. The smallest absolute Gasteiger partial charge is 0.110 e. The molecule has 1 N–H and O–H groups in total. The molecule has 0 radical (unpaired) electrons. The van der Waals surface area contributed by atoms with Crippen LogP contribution in [0.3, 0.4) is 0 Å². The largest absolute Gasteiger partial charge is 0.497 e. The Balaban J connectivity index is 1.85. The van der Waals surface area contributed by atoms with Gasteiger partial charge in [-0.15, -0.1) is 0 Å². The van der Waals surface area contributed by atoms with Gasteiger partial charge in [-0.3, -0.25) is 0 Å². The molecule has 0 saturated carbocycles. The van der Waals surface area contributed by atoms with Gasteiger partial charge in [0.1, 0.15) is 6.10 Å². The first kappa shape index (κ1) is 12.7. The van der Waals surface area contributed by atoms with Crippen LogP contribution in [0.4, 0.5) is 0 Å². The number of hydrogen-bond acceptors (Lipinski definition) is 3. The van der Waals surface area contributed by atoms with E-state index < -0.39 is 0 Å². The van der Waals surface area contributed by atoms with Crippen molar-refractivity contribution in [3.8, 4) is 6.07 Å². The summed E-state index contributed by atoms with van der Waals surface area (Å²) < 4.78 is 5.51. The molecule has 2 atom stereocenters. The maximum atomic E-state index is 8.75. The lowest BCUT2D eigenvalue weighted by Gasteiger charge is -2.22. The summed E-state index contributed by atoms with van der Waals surface area (Å²) in [7, 11) is 0. The molecule has 1 aromatic rings. The van der Waals surface area contributed by atoms with Crippen molar-refractivity contribution in [3.05, 3.63) is 47.7 Å². The third kappa shape index (κ3) is 3.35. The highest BCUT2D eigenvalue weighted by molar-refractivity contribution is 5.32. The summed E-state index contributed by atoms with van der Waals surface area (Å²) >= 11 is 0. The topological polar surface area (TPSA) is 45.0 Å². The molecule has 94 valence electrons. The fourth-order valence-electron chi connectivity index (χ4n) is 2.01. The van der Waals surface area contributed by atoms with E-state index in [0.717, 1.165) is 19.4 Å². The maximum absolute atomic E-state index is 8.75. The van der Waals surface area contributed by atoms with Gasteiger partial charge in [-0.2, -0.15) is 5.26 Å². The van der Waals surface area contributed by atoms with E-state index in [4.69, 9.17) is 10.00 Å². The predicted octanol–water partition coefficient (Wildman–Crippen LogP) is 2.90. The fraction of sp³-hybridized carbons (Fsp3) is 0.400. The third-order valence-corrected chi connectivity index (χ3v) is 3.21. The Morgan fingerprint density at radius 2 is 2.22 bits per heavy atom. The molecule has 0 fully saturated rings. The highest BCUT2D eigenvalue weighted by atomic mass is 16.5. The zero-order valence-electron chi connectivity index (χ0n) is 10.6. The van der Waals surface area contributed by atoms with Gasteiger partial charge in [-0.1, -0.05) is 12.1 Å². The standard InChI is InChI=1S/C15H18N2O/c1-12(14-7-5-13(10-16)6-8-14)17-11-15-4-2-3-9-18-15/h3,5-9,12,15,17H,2,4,11H2,1H3. The number of nitrogens with zero attached hydrogens (tertiary/aromatic N) is 1. The number of ether oxygens (including phenoxy) is 1. The quantitative estimate of drug-likeness (QED) is 0.883. The first-order valence-corrected chi connectivity index (χ1v) is 6.33. The van der Waals surface area contributed by atoms with Gasteiger partial charge in [0, 0.05) is 12.6 Å². The molecule has 3 nitrogen and oxygen atoms in total. The molecule has 0 bridgehead atoms. The van der Waals surface area contributed by atoms with Gasteiger partial charge in [0.25, 0.3) is 0 Å². The van der Waals surface area contributed by atoms with Crippen molar-refractivity contribution in [2.75, 3.05) is 6.54 Å². The van der Waals surface area contributed by atoms with Crippen LogP contribution in [-0.2, 0) is 4.74 Å². The Morgan fingerprint density at radius 3 is 2.83 bits per heavy atom. The normalized spacial score (nSPS) is 19.9. The molecule has 1 aromatic carbocycles. The molecule has 0 saturated heterocycles. The number of nitrogens with one attached hydrogen (secondary N) is 1. The second-order valence-electron chi connectivity index (χ2n) is 4.57. The van der Waals surface area contributed by atoms with Crippen molar-refractivity contribution in [1.29, 1.82) is 5.26 Å². The minimum Gasteiger partial charge on any atom is -0.497 e. The molecule has 1 heterocycles. The molecule has 1 aliphatic heterocycles. The summed E-state index contributed by atoms with van der Waals surface area (Å²) in [4.78, 5) is 0. The van der Waals surface area contributed by atoms with Gasteiger partial charge in [0.2, 0.25) is 0 Å². The van der Waals surface area contributed by atoms with E-state index in [1.54, 1.807) is 6.26 Å². The highest BCUT2D eigenvalue weighted by Gasteiger charge is 2.12. The first-order valence-electron chi connectivity index (χ1n) is 6.33. The molecule has 0 spiro atoms. The molecule has 0 amide bonds. The summed E-state index contributed by atoms with van der Waals surface area (Å²) in [5.41, 5.74) is 1.90. The van der Waals surface area contributed by atoms with Crippen LogP contribution in [-0.4, -0.2) is 12.6 Å². The lowest BCUT2D eigenvalue weighted by atomic mass is 10.1. The number of rotatable bonds is 4. The van der Waals surface area contributed by atoms with Crippen molar-refractivity contribution < 1.29 is 4.74 Å². The summed E-state index contributed by atoms with van der Waals surface area (Å²) in [6, 6.07) is 10.1. The van der Waals surface area contributed by atoms with E-state index in [1.165, 1.54) is 5.56 Å². The van der Waals surface area contributed by atoms with E-state index in [2.05, 4.69) is 24.4 Å². The van der Waals surface area contributed by atoms with Crippen LogP contribution in [0.1, 0.15) is 36.9 Å². The molecule has 2 rings (SSSR count). The Morgan fingerprint density at radius 1 is 1.44 bits per heavy atom. The van der Waals surface area contributed by atoms with Crippen molar-refractivity contribution in [1.82, 2.24) is 5.32 Å². The highest BCUT2D eigenvalue weighted by Crippen LogP contribution is 2.15. The number of benzene rings is 1. The zero-order valence-corrected chi connectivity index (χ0v) is 10.6. The average Bonchev–Trinajstić information content (AvgIpc) is 2.46. The van der Waals surface area contributed by atoms with Crippen LogP contribution in [0, 0.1) is 11.3 Å². The molecule has 3 heteroatoms. The Bertz CT molecular complexity index is 445. The zero-order chi connectivity index (χ0) is 12.8. The van der Waals surface area contributed by atoms with Crippen LogP contribution >= 0.6 is 0 Å². The van der Waals surface area contributed by atoms with E-state index in [-0.39, 0.29) is 12.1 Å². The molecular weight excluding hydrogens is 224 g/mol. The van der Waals surface area contributed by atoms with E-state index in [1.807, 2.05) is 24.3 Å². The van der Waals surface area contributed by atoms with Crippen molar-refractivity contribution in [2.24, 2.45) is 0 Å². The van der Waals surface area contributed by atoms with Crippen LogP contribution in [0.5, 0.6) is 0 Å². The van der Waals surface area contributed by atoms with Gasteiger partial charge in [-0.25, -0.2) is 0 Å². The van der Waals surface area contributed by atoms with Gasteiger partial charge in [0.05, 0.1) is 17.9 Å². The molecule has 0 aliphatic carbocycles. The Labute approximate surface area is 108 Å². The first-order chi connectivity index (χ1) is 8.79. The minimum absolute atomic E-state index is 0.271. The van der Waals surface area contributed by atoms with Crippen molar-refractivity contribution in [2.45, 2.75) is 31.9 Å². The Hall–Kier alpha value is -1.79. The predicted molar refractivity (Wildman–Crippen MR) is 70.8 cm³/mol. The summed E-state index contributed by atoms with van der Waals surface area (Å²) in [6.07, 6.45) is 6.29. The van der Waals surface area contributed by atoms with Crippen LogP contribution in [0.2, 0.25) is 0 Å². The number of hydrogen-bond donors (Lipinski definition) is 1. The van der Waals surface area contributed by atoms with Crippen LogP contribution < -0.4 is 5.32 Å². The number of nitriles is 1. The number of allylic oxidation sites excluding steroid dienone is 1. The Kier molecular flexibility index (Phi) is 4.38. The minimum atomic E-state index is 0.271. The van der Waals surface area contributed by atoms with Gasteiger partial charge in [0.15, 0.2) is 0 Å². The molecular formula is C15H18N2O. The van der Waals surface area contributed by atoms with Gasteiger partial charge < -0.3 is 10.1 Å². The monoisotopic (exact) mass is 242 g/mol. The van der Waals surface area contributed by atoms with E-state index in [9.17, 15) is 0 Å². The van der Waals surface area contributed by atoms with Crippen molar-refractivity contribution >= 4 is 0 Å². The van der Waals surface area contributed by atoms with Crippen LogP contribution in [0.15, 0.2) is 36.6 Å². The lowest BCUT2D eigenvalue weighted by molar-refractivity contribution is 0.120. The lowest BCUT2D eigenvalue weighted by Crippen LogP contribution is -2.31. The van der Waals surface area contributed by atoms with E-state index in [0.29, 0.717) is 5.56 Å². The second kappa shape index (κ2) is 6.23. The second-order valence-corrected chi connectivity index (χ2v) is 4.57. The van der Waals surface area contributed by atoms with Gasteiger partial charge >= 0.3 is 0 Å². The van der Waals surface area contributed by atoms with E-state index >= 15 is 0 Å². The molecule has 0 aromatic heterocycles. The van der Waals surface area contributed by atoms with Crippen molar-refractivity contribution in [3.63, 3.8) is 0 Å². The van der Waals surface area contributed by atoms with Crippen LogP contribution in [0.25, 0.3) is 0 Å². The summed E-state index contributed by atoms with van der Waals surface area (Å²) in [6.45, 7) is 2.98. The molecule has 1 aliphatic rings. The fourth-order valence-corrected chi connectivity index (χ4v) is 2.01. The SMILES string of the molecule is CC(NCC1CCC=CO1)c1ccc(C#N)cc1. The molecule has 18 heavy (non-hydrogen) atoms.